The average molecular weight is 247 g/mol. The summed E-state index contributed by atoms with van der Waals surface area (Å²) < 4.78 is 0. The summed E-state index contributed by atoms with van der Waals surface area (Å²) in [5, 5.41) is 9.41. The van der Waals surface area contributed by atoms with Crippen LogP contribution in [0.15, 0.2) is 24.3 Å². The van der Waals surface area contributed by atoms with E-state index in [4.69, 9.17) is 0 Å². The number of hydrogen-bond acceptors (Lipinski definition) is 2. The Balaban J connectivity index is 2.04. The van der Waals surface area contributed by atoms with Gasteiger partial charge in [-0.25, -0.2) is 0 Å². The molecule has 1 atom stereocenters. The second-order valence-electron chi connectivity index (χ2n) is 5.08. The van der Waals surface area contributed by atoms with Gasteiger partial charge in [-0.2, -0.15) is 0 Å². The van der Waals surface area contributed by atoms with Crippen LogP contribution in [0, 0.1) is 6.92 Å². The van der Waals surface area contributed by atoms with E-state index in [-0.39, 0.29) is 5.92 Å². The molecule has 0 aromatic heterocycles. The van der Waals surface area contributed by atoms with Gasteiger partial charge in [0, 0.05) is 0 Å². The first-order valence-corrected chi connectivity index (χ1v) is 6.69. The number of carboxylic acid groups (broad SMARTS) is 1. The summed E-state index contributed by atoms with van der Waals surface area (Å²) in [6.45, 7) is 5.13. The fourth-order valence-corrected chi connectivity index (χ4v) is 2.71. The van der Waals surface area contributed by atoms with E-state index in [1.54, 1.807) is 0 Å². The molecule has 1 aliphatic heterocycles. The number of benzene rings is 1. The van der Waals surface area contributed by atoms with Crippen molar-refractivity contribution in [3.8, 4) is 0 Å². The van der Waals surface area contributed by atoms with Crippen molar-refractivity contribution >= 4 is 5.97 Å². The molecule has 1 aliphatic rings. The highest BCUT2D eigenvalue weighted by Crippen LogP contribution is 2.24. The van der Waals surface area contributed by atoms with Gasteiger partial charge >= 0.3 is 5.97 Å². The third kappa shape index (κ3) is 3.10. The molecule has 0 spiro atoms. The number of rotatable bonds is 5. The van der Waals surface area contributed by atoms with Gasteiger partial charge in [0.1, 0.15) is 0 Å². The zero-order valence-electron chi connectivity index (χ0n) is 10.9. The second-order valence-corrected chi connectivity index (χ2v) is 5.08. The lowest BCUT2D eigenvalue weighted by Crippen LogP contribution is -2.24. The molecule has 0 saturated carbocycles. The van der Waals surface area contributed by atoms with Crippen molar-refractivity contribution in [3.05, 3.63) is 35.4 Å². The molecule has 3 heteroatoms. The maximum atomic E-state index is 11.4. The molecule has 0 amide bonds. The molecule has 1 saturated heterocycles. The highest BCUT2D eigenvalue weighted by Gasteiger charge is 2.22. The van der Waals surface area contributed by atoms with Crippen LogP contribution in [-0.2, 0) is 4.79 Å². The molecule has 0 bridgehead atoms. The van der Waals surface area contributed by atoms with E-state index in [9.17, 15) is 9.90 Å². The molecule has 2 rings (SSSR count). The lowest BCUT2D eigenvalue weighted by Gasteiger charge is -2.19. The molecule has 1 heterocycles. The fraction of sp³-hybridized carbons (Fsp3) is 0.533. The molecule has 3 nitrogen and oxygen atoms in total. The Morgan fingerprint density at radius 1 is 1.33 bits per heavy atom. The van der Waals surface area contributed by atoms with Crippen molar-refractivity contribution in [1.29, 1.82) is 0 Å². The van der Waals surface area contributed by atoms with Gasteiger partial charge < -0.3 is 10.0 Å². The van der Waals surface area contributed by atoms with Crippen molar-refractivity contribution in [1.82, 2.24) is 4.90 Å². The monoisotopic (exact) mass is 247 g/mol. The Morgan fingerprint density at radius 3 is 2.61 bits per heavy atom. The molecule has 1 unspecified atom stereocenters. The topological polar surface area (TPSA) is 40.5 Å². The van der Waals surface area contributed by atoms with E-state index in [1.165, 1.54) is 12.8 Å². The van der Waals surface area contributed by atoms with Crippen molar-refractivity contribution in [3.63, 3.8) is 0 Å². The summed E-state index contributed by atoms with van der Waals surface area (Å²) in [7, 11) is 0. The van der Waals surface area contributed by atoms with Gasteiger partial charge in [0.2, 0.25) is 0 Å². The van der Waals surface area contributed by atoms with Crippen LogP contribution in [0.2, 0.25) is 0 Å². The molecule has 98 valence electrons. The summed E-state index contributed by atoms with van der Waals surface area (Å²) in [5.74, 6) is -1.07. The van der Waals surface area contributed by atoms with E-state index >= 15 is 0 Å². The lowest BCUT2D eigenvalue weighted by atomic mass is 9.92. The largest absolute Gasteiger partial charge is 0.481 e. The summed E-state index contributed by atoms with van der Waals surface area (Å²) in [5.41, 5.74) is 2.04. The SMILES string of the molecule is Cc1ccccc1C(CCN1CCCC1)C(=O)O. The Hall–Kier alpha value is -1.35. The Bertz CT molecular complexity index is 411. The van der Waals surface area contributed by atoms with Crippen LogP contribution in [0.25, 0.3) is 0 Å². The third-order valence-electron chi connectivity index (χ3n) is 3.79. The van der Waals surface area contributed by atoms with E-state index in [0.29, 0.717) is 6.42 Å². The van der Waals surface area contributed by atoms with Gasteiger partial charge in [-0.3, -0.25) is 4.79 Å². The molecule has 0 radical (unpaired) electrons. The van der Waals surface area contributed by atoms with E-state index in [1.807, 2.05) is 31.2 Å². The van der Waals surface area contributed by atoms with E-state index in [2.05, 4.69) is 4.90 Å². The van der Waals surface area contributed by atoms with Crippen LogP contribution in [0.3, 0.4) is 0 Å². The Kier molecular flexibility index (Phi) is 4.37. The van der Waals surface area contributed by atoms with Crippen LogP contribution in [-0.4, -0.2) is 35.6 Å². The number of aryl methyl sites for hydroxylation is 1. The first kappa shape index (κ1) is 13.1. The fourth-order valence-electron chi connectivity index (χ4n) is 2.71. The summed E-state index contributed by atoms with van der Waals surface area (Å²) >= 11 is 0. The lowest BCUT2D eigenvalue weighted by molar-refractivity contribution is -0.139. The quantitative estimate of drug-likeness (QED) is 0.869. The van der Waals surface area contributed by atoms with Crippen molar-refractivity contribution in [2.75, 3.05) is 19.6 Å². The van der Waals surface area contributed by atoms with Gasteiger partial charge in [-0.15, -0.1) is 0 Å². The van der Waals surface area contributed by atoms with Crippen molar-refractivity contribution in [2.24, 2.45) is 0 Å². The summed E-state index contributed by atoms with van der Waals surface area (Å²) in [4.78, 5) is 13.8. The molecule has 1 aromatic rings. The third-order valence-corrected chi connectivity index (χ3v) is 3.79. The van der Waals surface area contributed by atoms with Crippen molar-refractivity contribution < 1.29 is 9.90 Å². The smallest absolute Gasteiger partial charge is 0.311 e. The van der Waals surface area contributed by atoms with Gasteiger partial charge in [-0.05, 0) is 56.9 Å². The molecule has 18 heavy (non-hydrogen) atoms. The summed E-state index contributed by atoms with van der Waals surface area (Å²) in [6, 6.07) is 7.81. The number of carbonyl (C=O) groups is 1. The maximum Gasteiger partial charge on any atom is 0.311 e. The highest BCUT2D eigenvalue weighted by molar-refractivity contribution is 5.76. The Labute approximate surface area is 108 Å². The van der Waals surface area contributed by atoms with Crippen molar-refractivity contribution in [2.45, 2.75) is 32.1 Å². The molecular formula is C15H21NO2. The van der Waals surface area contributed by atoms with E-state index in [0.717, 1.165) is 30.8 Å². The predicted octanol–water partition coefficient (Wildman–Crippen LogP) is 2.65. The minimum atomic E-state index is -0.705. The van der Waals surface area contributed by atoms with Crippen LogP contribution in [0.4, 0.5) is 0 Å². The minimum absolute atomic E-state index is 0.369. The van der Waals surface area contributed by atoms with Gasteiger partial charge in [0.15, 0.2) is 0 Å². The van der Waals surface area contributed by atoms with Crippen LogP contribution in [0.5, 0.6) is 0 Å². The number of carboxylic acids is 1. The second kappa shape index (κ2) is 6.01. The van der Waals surface area contributed by atoms with Gasteiger partial charge in [0.05, 0.1) is 5.92 Å². The van der Waals surface area contributed by atoms with E-state index < -0.39 is 5.97 Å². The van der Waals surface area contributed by atoms with Gasteiger partial charge in [0.25, 0.3) is 0 Å². The molecule has 1 fully saturated rings. The predicted molar refractivity (Wildman–Crippen MR) is 71.8 cm³/mol. The number of aliphatic carboxylic acids is 1. The summed E-state index contributed by atoms with van der Waals surface area (Å²) in [6.07, 6.45) is 3.21. The first-order valence-electron chi connectivity index (χ1n) is 6.69. The molecule has 0 aliphatic carbocycles. The first-order chi connectivity index (χ1) is 8.68. The zero-order chi connectivity index (χ0) is 13.0. The average Bonchev–Trinajstić information content (AvgIpc) is 2.84. The molecular weight excluding hydrogens is 226 g/mol. The standard InChI is InChI=1S/C15H21NO2/c1-12-6-2-3-7-13(12)14(15(17)18)8-11-16-9-4-5-10-16/h2-3,6-7,14H,4-5,8-11H2,1H3,(H,17,18). The molecule has 1 aromatic carbocycles. The number of hydrogen-bond donors (Lipinski definition) is 1. The number of nitrogens with zero attached hydrogens (tertiary/aromatic N) is 1. The maximum absolute atomic E-state index is 11.4. The Morgan fingerprint density at radius 2 is 2.00 bits per heavy atom. The van der Waals surface area contributed by atoms with Crippen LogP contribution in [0.1, 0.15) is 36.3 Å². The minimum Gasteiger partial charge on any atom is -0.481 e. The van der Waals surface area contributed by atoms with Crippen LogP contribution < -0.4 is 0 Å². The van der Waals surface area contributed by atoms with Crippen LogP contribution >= 0.6 is 0 Å². The number of likely N-dealkylation sites (tertiary alicyclic amines) is 1. The zero-order valence-corrected chi connectivity index (χ0v) is 10.9. The highest BCUT2D eigenvalue weighted by atomic mass is 16.4. The normalized spacial score (nSPS) is 17.8. The molecule has 1 N–H and O–H groups in total. The van der Waals surface area contributed by atoms with Gasteiger partial charge in [-0.1, -0.05) is 24.3 Å².